The molecule has 1 unspecified atom stereocenters. The van der Waals surface area contributed by atoms with Crippen molar-refractivity contribution in [1.82, 2.24) is 10.6 Å². The first-order valence-corrected chi connectivity index (χ1v) is 7.54. The maximum atomic E-state index is 12.2. The van der Waals surface area contributed by atoms with Crippen LogP contribution in [0.1, 0.15) is 19.4 Å². The lowest BCUT2D eigenvalue weighted by molar-refractivity contribution is -0.138. The molecule has 0 saturated carbocycles. The summed E-state index contributed by atoms with van der Waals surface area (Å²) in [6, 6.07) is 4.56. The molecule has 24 heavy (non-hydrogen) atoms. The second-order valence-corrected chi connectivity index (χ2v) is 5.82. The number of benzene rings is 1. The standard InChI is InChI=1S/C16H23N3O5/c1-9(2)14(16(24)18-8-13(21)22)19-15(23)12(17)7-10-3-5-11(20)6-4-10/h3-6,9,12,14,20H,7-8,17H2,1-2H3,(H,18,24)(H,19,23)(H,21,22)/t12-,14?/m1/s1. The first kappa shape index (κ1) is 19.4. The zero-order valence-corrected chi connectivity index (χ0v) is 13.7. The van der Waals surface area contributed by atoms with Crippen molar-refractivity contribution >= 4 is 17.8 Å². The van der Waals surface area contributed by atoms with Gasteiger partial charge >= 0.3 is 5.97 Å². The van der Waals surface area contributed by atoms with Crippen LogP contribution in [0.2, 0.25) is 0 Å². The van der Waals surface area contributed by atoms with Crippen LogP contribution in [0.25, 0.3) is 0 Å². The molecule has 8 heteroatoms. The largest absolute Gasteiger partial charge is 0.508 e. The molecule has 0 heterocycles. The first-order chi connectivity index (χ1) is 11.2. The number of nitrogens with one attached hydrogen (secondary N) is 2. The number of carbonyl (C=O) groups is 3. The van der Waals surface area contributed by atoms with Crippen molar-refractivity contribution in [3.63, 3.8) is 0 Å². The molecule has 6 N–H and O–H groups in total. The Hall–Kier alpha value is -2.61. The second-order valence-electron chi connectivity index (χ2n) is 5.82. The molecule has 2 atom stereocenters. The van der Waals surface area contributed by atoms with Gasteiger partial charge in [0, 0.05) is 0 Å². The van der Waals surface area contributed by atoms with Gasteiger partial charge in [-0.2, -0.15) is 0 Å². The fourth-order valence-electron chi connectivity index (χ4n) is 2.05. The van der Waals surface area contributed by atoms with Crippen molar-refractivity contribution in [2.75, 3.05) is 6.54 Å². The van der Waals surface area contributed by atoms with Gasteiger partial charge in [0.05, 0.1) is 6.04 Å². The van der Waals surface area contributed by atoms with E-state index in [0.717, 1.165) is 5.56 Å². The maximum absolute atomic E-state index is 12.2. The molecule has 132 valence electrons. The molecule has 0 fully saturated rings. The molecule has 0 bridgehead atoms. The summed E-state index contributed by atoms with van der Waals surface area (Å²) in [5, 5.41) is 22.6. The Labute approximate surface area is 140 Å². The van der Waals surface area contributed by atoms with Crippen LogP contribution >= 0.6 is 0 Å². The van der Waals surface area contributed by atoms with E-state index >= 15 is 0 Å². The van der Waals surface area contributed by atoms with E-state index in [1.807, 2.05) is 0 Å². The molecular weight excluding hydrogens is 314 g/mol. The number of carbonyl (C=O) groups excluding carboxylic acids is 2. The summed E-state index contributed by atoms with van der Waals surface area (Å²) in [7, 11) is 0. The number of aliphatic carboxylic acids is 1. The number of nitrogens with two attached hydrogens (primary N) is 1. The summed E-state index contributed by atoms with van der Waals surface area (Å²) < 4.78 is 0. The van der Waals surface area contributed by atoms with E-state index in [1.165, 1.54) is 12.1 Å². The first-order valence-electron chi connectivity index (χ1n) is 7.54. The van der Waals surface area contributed by atoms with E-state index in [9.17, 15) is 19.5 Å². The van der Waals surface area contributed by atoms with Crippen LogP contribution in [0.4, 0.5) is 0 Å². The van der Waals surface area contributed by atoms with E-state index in [1.54, 1.807) is 26.0 Å². The van der Waals surface area contributed by atoms with Crippen LogP contribution in [0.5, 0.6) is 5.75 Å². The Morgan fingerprint density at radius 2 is 1.71 bits per heavy atom. The number of hydrogen-bond acceptors (Lipinski definition) is 5. The lowest BCUT2D eigenvalue weighted by Crippen LogP contribution is -2.54. The minimum absolute atomic E-state index is 0.117. The minimum Gasteiger partial charge on any atom is -0.508 e. The molecule has 0 aliphatic heterocycles. The van der Waals surface area contributed by atoms with E-state index in [4.69, 9.17) is 10.8 Å². The average Bonchev–Trinajstić information content (AvgIpc) is 2.51. The third-order valence-corrected chi connectivity index (χ3v) is 3.39. The minimum atomic E-state index is -1.17. The van der Waals surface area contributed by atoms with Gasteiger partial charge in [0.15, 0.2) is 0 Å². The third-order valence-electron chi connectivity index (χ3n) is 3.39. The Kier molecular flexibility index (Phi) is 7.19. The molecule has 1 aromatic rings. The fraction of sp³-hybridized carbons (Fsp3) is 0.438. The number of carboxylic acid groups (broad SMARTS) is 1. The van der Waals surface area contributed by atoms with Crippen molar-refractivity contribution < 1.29 is 24.6 Å². The predicted molar refractivity (Wildman–Crippen MR) is 87.2 cm³/mol. The normalized spacial score (nSPS) is 13.2. The molecule has 0 aliphatic carbocycles. The summed E-state index contributed by atoms with van der Waals surface area (Å²) in [6.45, 7) is 2.95. The zero-order valence-electron chi connectivity index (χ0n) is 13.7. The predicted octanol–water partition coefficient (Wildman–Crippen LogP) is -0.396. The summed E-state index contributed by atoms with van der Waals surface area (Å²) >= 11 is 0. The Morgan fingerprint density at radius 1 is 1.12 bits per heavy atom. The molecule has 1 aromatic carbocycles. The van der Waals surface area contributed by atoms with Gasteiger partial charge in [0.25, 0.3) is 0 Å². The lowest BCUT2D eigenvalue weighted by atomic mass is 10.0. The van der Waals surface area contributed by atoms with Gasteiger partial charge < -0.3 is 26.6 Å². The highest BCUT2D eigenvalue weighted by Crippen LogP contribution is 2.11. The lowest BCUT2D eigenvalue weighted by Gasteiger charge is -2.23. The zero-order chi connectivity index (χ0) is 18.3. The molecule has 2 amide bonds. The summed E-state index contributed by atoms with van der Waals surface area (Å²) in [6.07, 6.45) is 0.244. The van der Waals surface area contributed by atoms with Crippen LogP contribution in [-0.2, 0) is 20.8 Å². The SMILES string of the molecule is CC(C)C(NC(=O)[C@H](N)Cc1ccc(O)cc1)C(=O)NCC(=O)O. The molecule has 0 spiro atoms. The van der Waals surface area contributed by atoms with Gasteiger partial charge in [-0.15, -0.1) is 0 Å². The van der Waals surface area contributed by atoms with Crippen LogP contribution < -0.4 is 16.4 Å². The topological polar surface area (TPSA) is 142 Å². The Morgan fingerprint density at radius 3 is 2.21 bits per heavy atom. The van der Waals surface area contributed by atoms with Gasteiger partial charge in [-0.3, -0.25) is 14.4 Å². The van der Waals surface area contributed by atoms with E-state index in [-0.39, 0.29) is 18.1 Å². The number of phenolic OH excluding ortho intramolecular Hbond substituents is 1. The Balaban J connectivity index is 2.64. The molecule has 0 saturated heterocycles. The summed E-state index contributed by atoms with van der Waals surface area (Å²) in [5.74, 6) is -2.36. The number of aromatic hydroxyl groups is 1. The van der Waals surface area contributed by atoms with Gasteiger partial charge in [-0.05, 0) is 30.0 Å². The van der Waals surface area contributed by atoms with Crippen LogP contribution in [0.15, 0.2) is 24.3 Å². The number of hydrogen-bond donors (Lipinski definition) is 5. The Bertz CT molecular complexity index is 586. The quantitative estimate of drug-likeness (QED) is 0.437. The van der Waals surface area contributed by atoms with Crippen molar-refractivity contribution in [3.05, 3.63) is 29.8 Å². The van der Waals surface area contributed by atoms with Crippen molar-refractivity contribution in [1.29, 1.82) is 0 Å². The monoisotopic (exact) mass is 337 g/mol. The molecule has 0 aromatic heterocycles. The van der Waals surface area contributed by atoms with Gasteiger partial charge in [-0.1, -0.05) is 26.0 Å². The molecule has 8 nitrogen and oxygen atoms in total. The van der Waals surface area contributed by atoms with E-state index in [0.29, 0.717) is 0 Å². The van der Waals surface area contributed by atoms with Crippen LogP contribution in [0.3, 0.4) is 0 Å². The van der Waals surface area contributed by atoms with Crippen molar-refractivity contribution in [2.45, 2.75) is 32.4 Å². The fourth-order valence-corrected chi connectivity index (χ4v) is 2.05. The maximum Gasteiger partial charge on any atom is 0.322 e. The summed E-state index contributed by atoms with van der Waals surface area (Å²) in [4.78, 5) is 34.7. The molecule has 1 rings (SSSR count). The molecule has 0 aliphatic rings. The van der Waals surface area contributed by atoms with Gasteiger partial charge in [0.2, 0.25) is 11.8 Å². The van der Waals surface area contributed by atoms with Crippen molar-refractivity contribution in [3.8, 4) is 5.75 Å². The average molecular weight is 337 g/mol. The molecule has 0 radical (unpaired) electrons. The van der Waals surface area contributed by atoms with Gasteiger partial charge in [-0.25, -0.2) is 0 Å². The third kappa shape index (κ3) is 6.25. The number of amides is 2. The summed E-state index contributed by atoms with van der Waals surface area (Å²) in [5.41, 5.74) is 6.63. The van der Waals surface area contributed by atoms with E-state index in [2.05, 4.69) is 10.6 Å². The van der Waals surface area contributed by atoms with Crippen LogP contribution in [-0.4, -0.2) is 46.6 Å². The van der Waals surface area contributed by atoms with Gasteiger partial charge in [0.1, 0.15) is 18.3 Å². The second kappa shape index (κ2) is 8.88. The number of rotatable bonds is 8. The smallest absolute Gasteiger partial charge is 0.322 e. The highest BCUT2D eigenvalue weighted by molar-refractivity contribution is 5.91. The number of carboxylic acids is 1. The molecular formula is C16H23N3O5. The highest BCUT2D eigenvalue weighted by Gasteiger charge is 2.26. The highest BCUT2D eigenvalue weighted by atomic mass is 16.4. The van der Waals surface area contributed by atoms with Crippen LogP contribution in [0, 0.1) is 5.92 Å². The number of phenols is 1. The van der Waals surface area contributed by atoms with Crippen molar-refractivity contribution in [2.24, 2.45) is 11.7 Å². The van der Waals surface area contributed by atoms with E-state index < -0.39 is 36.4 Å².